The molecule has 1 aliphatic rings. The van der Waals surface area contributed by atoms with E-state index in [1.54, 1.807) is 6.92 Å². The quantitative estimate of drug-likeness (QED) is 0.672. The van der Waals surface area contributed by atoms with E-state index in [1.165, 1.54) is 0 Å². The van der Waals surface area contributed by atoms with E-state index in [2.05, 4.69) is 11.9 Å². The second kappa shape index (κ2) is 7.37. The van der Waals surface area contributed by atoms with Crippen LogP contribution in [0.4, 0.5) is 0 Å². The van der Waals surface area contributed by atoms with Crippen molar-refractivity contribution in [3.63, 3.8) is 0 Å². The van der Waals surface area contributed by atoms with Crippen LogP contribution in [0.3, 0.4) is 0 Å². The molecule has 1 aliphatic heterocycles. The van der Waals surface area contributed by atoms with E-state index in [4.69, 9.17) is 9.47 Å². The van der Waals surface area contributed by atoms with Crippen LogP contribution in [0.25, 0.3) is 0 Å². The number of carbonyl (C=O) groups is 2. The maximum Gasteiger partial charge on any atom is 0.243 e. The van der Waals surface area contributed by atoms with E-state index in [0.29, 0.717) is 12.8 Å². The van der Waals surface area contributed by atoms with Crippen LogP contribution in [0.2, 0.25) is 0 Å². The number of aliphatic hydroxyl groups is 1. The Labute approximate surface area is 112 Å². The molecule has 0 spiro atoms. The van der Waals surface area contributed by atoms with Gasteiger partial charge < -0.3 is 19.9 Å². The van der Waals surface area contributed by atoms with Crippen molar-refractivity contribution in [1.29, 1.82) is 0 Å². The summed E-state index contributed by atoms with van der Waals surface area (Å²) < 4.78 is 10.9. The Kier molecular flexibility index (Phi) is 6.14. The number of Topliss-reactive ketones (excluding diaryl/α,β-unsaturated/α-hetero) is 1. The Morgan fingerprint density at radius 1 is 1.53 bits per heavy atom. The second-order valence-electron chi connectivity index (χ2n) is 4.51. The topological polar surface area (TPSA) is 84.9 Å². The Hall–Kier alpha value is -1.24. The third-order valence-corrected chi connectivity index (χ3v) is 2.91. The fourth-order valence-corrected chi connectivity index (χ4v) is 1.84. The molecule has 0 aromatic carbocycles. The Bertz CT molecular complexity index is 344. The van der Waals surface area contributed by atoms with Crippen molar-refractivity contribution in [3.8, 4) is 0 Å². The van der Waals surface area contributed by atoms with E-state index in [0.717, 1.165) is 6.08 Å². The highest BCUT2D eigenvalue weighted by Crippen LogP contribution is 2.20. The van der Waals surface area contributed by atoms with E-state index >= 15 is 0 Å². The van der Waals surface area contributed by atoms with Gasteiger partial charge >= 0.3 is 0 Å². The zero-order valence-corrected chi connectivity index (χ0v) is 11.3. The van der Waals surface area contributed by atoms with Crippen molar-refractivity contribution in [2.75, 3.05) is 6.54 Å². The van der Waals surface area contributed by atoms with Gasteiger partial charge in [0.1, 0.15) is 12.2 Å². The number of hydrogen-bond donors (Lipinski definition) is 2. The van der Waals surface area contributed by atoms with Crippen molar-refractivity contribution < 1.29 is 24.2 Å². The molecule has 0 aromatic rings. The highest BCUT2D eigenvalue weighted by molar-refractivity contribution is 5.87. The average Bonchev–Trinajstić information content (AvgIpc) is 2.42. The Morgan fingerprint density at radius 2 is 2.21 bits per heavy atom. The number of aliphatic hydroxyl groups excluding tert-OH is 1. The van der Waals surface area contributed by atoms with Crippen LogP contribution >= 0.6 is 0 Å². The summed E-state index contributed by atoms with van der Waals surface area (Å²) in [5.41, 5.74) is 0. The molecule has 1 heterocycles. The zero-order chi connectivity index (χ0) is 14.4. The monoisotopic (exact) mass is 271 g/mol. The van der Waals surface area contributed by atoms with Crippen molar-refractivity contribution >= 4 is 11.7 Å². The molecule has 1 saturated heterocycles. The van der Waals surface area contributed by atoms with Gasteiger partial charge in [0.15, 0.2) is 12.1 Å². The van der Waals surface area contributed by atoms with Gasteiger partial charge in [-0.25, -0.2) is 0 Å². The molecule has 4 unspecified atom stereocenters. The van der Waals surface area contributed by atoms with E-state index in [1.807, 2.05) is 6.92 Å². The minimum atomic E-state index is -1.02. The van der Waals surface area contributed by atoms with Gasteiger partial charge in [0, 0.05) is 6.42 Å². The first-order chi connectivity index (χ1) is 8.97. The van der Waals surface area contributed by atoms with Gasteiger partial charge in [-0.05, 0) is 19.4 Å². The number of rotatable bonds is 6. The predicted octanol–water partition coefficient (Wildman–Crippen LogP) is 0.149. The van der Waals surface area contributed by atoms with Crippen LogP contribution in [0.1, 0.15) is 26.7 Å². The van der Waals surface area contributed by atoms with Gasteiger partial charge in [-0.15, -0.1) is 0 Å². The van der Waals surface area contributed by atoms with Crippen LogP contribution in [-0.2, 0) is 19.1 Å². The number of amides is 1. The van der Waals surface area contributed by atoms with Crippen LogP contribution in [0.5, 0.6) is 0 Å². The molecule has 1 fully saturated rings. The molecule has 0 aliphatic carbocycles. The number of nitrogens with one attached hydrogen (secondary N) is 1. The molecule has 0 aromatic heterocycles. The molecule has 108 valence electrons. The molecular formula is C13H21NO5. The minimum Gasteiger partial charge on any atom is -0.385 e. The highest BCUT2D eigenvalue weighted by Gasteiger charge is 2.34. The van der Waals surface area contributed by atoms with Gasteiger partial charge in [0.25, 0.3) is 0 Å². The summed E-state index contributed by atoms with van der Waals surface area (Å²) in [6.07, 6.45) is -0.658. The number of carbonyl (C=O) groups excluding carboxylic acids is 2. The first-order valence-corrected chi connectivity index (χ1v) is 6.40. The van der Waals surface area contributed by atoms with E-state index in [-0.39, 0.29) is 24.3 Å². The fourth-order valence-electron chi connectivity index (χ4n) is 1.84. The number of hydrogen-bond acceptors (Lipinski definition) is 5. The summed E-state index contributed by atoms with van der Waals surface area (Å²) in [6, 6.07) is 0. The third-order valence-electron chi connectivity index (χ3n) is 2.91. The molecule has 0 saturated carbocycles. The van der Waals surface area contributed by atoms with Crippen LogP contribution in [0, 0.1) is 0 Å². The summed E-state index contributed by atoms with van der Waals surface area (Å²) in [6.45, 7) is 7.03. The lowest BCUT2D eigenvalue weighted by Crippen LogP contribution is -2.48. The van der Waals surface area contributed by atoms with Crippen molar-refractivity contribution in [2.24, 2.45) is 0 Å². The maximum absolute atomic E-state index is 11.9. The second-order valence-corrected chi connectivity index (χ2v) is 4.51. The number of ether oxygens (including phenoxy) is 2. The minimum absolute atomic E-state index is 0.140. The molecule has 2 N–H and O–H groups in total. The summed E-state index contributed by atoms with van der Waals surface area (Å²) in [7, 11) is 0. The molecule has 1 rings (SSSR count). The van der Waals surface area contributed by atoms with Gasteiger partial charge in [-0.1, -0.05) is 13.5 Å². The smallest absolute Gasteiger partial charge is 0.243 e. The number of ketones is 1. The summed E-state index contributed by atoms with van der Waals surface area (Å²) >= 11 is 0. The third kappa shape index (κ3) is 4.74. The molecular weight excluding hydrogens is 250 g/mol. The highest BCUT2D eigenvalue weighted by atomic mass is 16.7. The Morgan fingerprint density at radius 3 is 2.79 bits per heavy atom. The summed E-state index contributed by atoms with van der Waals surface area (Å²) in [5, 5.41) is 12.1. The van der Waals surface area contributed by atoms with Gasteiger partial charge in [-0.3, -0.25) is 9.59 Å². The molecule has 1 amide bonds. The SMILES string of the molecule is C=CC(=O)NCC1OC(C)CC(C(=O)C(O)CC)O1. The Balaban J connectivity index is 2.54. The van der Waals surface area contributed by atoms with E-state index < -0.39 is 18.5 Å². The molecule has 6 heteroatoms. The van der Waals surface area contributed by atoms with Gasteiger partial charge in [0.05, 0.1) is 12.6 Å². The fraction of sp³-hybridized carbons (Fsp3) is 0.692. The maximum atomic E-state index is 11.9. The van der Waals surface area contributed by atoms with Crippen LogP contribution in [-0.4, -0.2) is 47.9 Å². The largest absolute Gasteiger partial charge is 0.385 e. The summed E-state index contributed by atoms with van der Waals surface area (Å²) in [4.78, 5) is 22.9. The molecule has 19 heavy (non-hydrogen) atoms. The van der Waals surface area contributed by atoms with Crippen molar-refractivity contribution in [1.82, 2.24) is 5.32 Å². The lowest BCUT2D eigenvalue weighted by molar-refractivity contribution is -0.234. The van der Waals surface area contributed by atoms with Crippen LogP contribution in [0.15, 0.2) is 12.7 Å². The molecule has 0 bridgehead atoms. The van der Waals surface area contributed by atoms with Crippen molar-refractivity contribution in [3.05, 3.63) is 12.7 Å². The summed E-state index contributed by atoms with van der Waals surface area (Å²) in [5.74, 6) is -0.667. The first-order valence-electron chi connectivity index (χ1n) is 6.40. The standard InChI is InChI=1S/C13H21NO5/c1-4-9(15)13(17)10-6-8(3)18-12(19-10)7-14-11(16)5-2/h5,8-10,12,15H,2,4,6-7H2,1,3H3,(H,14,16). The van der Waals surface area contributed by atoms with Gasteiger partial charge in [0.2, 0.25) is 5.91 Å². The molecule has 4 atom stereocenters. The van der Waals surface area contributed by atoms with Gasteiger partial charge in [-0.2, -0.15) is 0 Å². The predicted molar refractivity (Wildman–Crippen MR) is 68.3 cm³/mol. The van der Waals surface area contributed by atoms with E-state index in [9.17, 15) is 14.7 Å². The molecule has 0 radical (unpaired) electrons. The first kappa shape index (κ1) is 15.8. The lowest BCUT2D eigenvalue weighted by atomic mass is 10.0. The zero-order valence-electron chi connectivity index (χ0n) is 11.3. The average molecular weight is 271 g/mol. The van der Waals surface area contributed by atoms with Crippen LogP contribution < -0.4 is 5.32 Å². The molecule has 6 nitrogen and oxygen atoms in total. The normalized spacial score (nSPS) is 28.5. The lowest BCUT2D eigenvalue weighted by Gasteiger charge is -2.34. The van der Waals surface area contributed by atoms with Crippen molar-refractivity contribution in [2.45, 2.75) is 51.3 Å².